The molecule has 0 saturated carbocycles. The van der Waals surface area contributed by atoms with Gasteiger partial charge in [-0.15, -0.1) is 0 Å². The van der Waals surface area contributed by atoms with Gasteiger partial charge >= 0.3 is 0 Å². The average molecular weight is 357 g/mol. The number of rotatable bonds is 2. The number of hydrogen-bond acceptors (Lipinski definition) is 4. The summed E-state index contributed by atoms with van der Waals surface area (Å²) in [6.07, 6.45) is 5.62. The maximum Gasteiger partial charge on any atom is 0.173 e. The Labute approximate surface area is 114 Å². The third kappa shape index (κ3) is 2.06. The van der Waals surface area contributed by atoms with Gasteiger partial charge in [0, 0.05) is 57.8 Å². The van der Waals surface area contributed by atoms with E-state index in [2.05, 4.69) is 31.3 Å². The van der Waals surface area contributed by atoms with Crippen LogP contribution in [0.5, 0.6) is 0 Å². The molecular weight excluding hydrogens is 349 g/mol. The smallest absolute Gasteiger partial charge is 0.173 e. The normalized spacial score (nSPS) is 11.2. The van der Waals surface area contributed by atoms with Crippen LogP contribution >= 0.6 is 30.1 Å². The molecule has 6 heteroatoms. The molecule has 4 nitrogen and oxygen atoms in total. The number of aryl methyl sites for hydroxylation is 1. The highest BCUT2D eigenvalue weighted by Crippen LogP contribution is 2.32. The molecule has 0 atom stereocenters. The fourth-order valence-corrected chi connectivity index (χ4v) is 2.59. The molecule has 0 aliphatic heterocycles. The fraction of sp³-hybridized carbons (Fsp3) is 0.0909. The highest BCUT2D eigenvalue weighted by molar-refractivity contribution is 14.2. The Kier molecular flexibility index (Phi) is 2.83. The van der Waals surface area contributed by atoms with Gasteiger partial charge in [-0.25, -0.2) is 0 Å². The van der Waals surface area contributed by atoms with Crippen LogP contribution in [0.4, 0.5) is 0 Å². The molecular formula is C11H8IN3OS. The summed E-state index contributed by atoms with van der Waals surface area (Å²) < 4.78 is 7.42. The van der Waals surface area contributed by atoms with Gasteiger partial charge in [-0.1, -0.05) is 0 Å². The van der Waals surface area contributed by atoms with Crippen molar-refractivity contribution in [3.8, 4) is 11.1 Å². The lowest BCUT2D eigenvalue weighted by Gasteiger charge is -1.95. The van der Waals surface area contributed by atoms with Crippen LogP contribution in [-0.4, -0.2) is 14.8 Å². The summed E-state index contributed by atoms with van der Waals surface area (Å²) in [7, 11) is 3.44. The Morgan fingerprint density at radius 1 is 1.29 bits per heavy atom. The number of fused-ring (bicyclic) bond motifs is 1. The largest absolute Gasteiger partial charge is 0.447 e. The molecule has 0 spiro atoms. The number of furan rings is 1. The Bertz CT molecular complexity index is 676. The number of nitrogens with zero attached hydrogens (tertiary/aromatic N) is 3. The minimum Gasteiger partial charge on any atom is -0.447 e. The lowest BCUT2D eigenvalue weighted by atomic mass is 10.1. The molecule has 17 heavy (non-hydrogen) atoms. The maximum absolute atomic E-state index is 5.65. The Morgan fingerprint density at radius 2 is 2.18 bits per heavy atom. The molecule has 0 aromatic carbocycles. The third-order valence-electron chi connectivity index (χ3n) is 2.46. The van der Waals surface area contributed by atoms with Gasteiger partial charge in [0.05, 0.1) is 6.20 Å². The molecule has 0 amide bonds. The lowest BCUT2D eigenvalue weighted by molar-refractivity contribution is 0.517. The number of halogens is 1. The van der Waals surface area contributed by atoms with Crippen molar-refractivity contribution in [2.75, 3.05) is 0 Å². The van der Waals surface area contributed by atoms with E-state index in [0.29, 0.717) is 0 Å². The van der Waals surface area contributed by atoms with Crippen molar-refractivity contribution in [3.05, 3.63) is 30.7 Å². The van der Waals surface area contributed by atoms with E-state index in [0.717, 1.165) is 27.3 Å². The molecule has 0 fully saturated rings. The van der Waals surface area contributed by atoms with Crippen molar-refractivity contribution < 1.29 is 4.42 Å². The summed E-state index contributed by atoms with van der Waals surface area (Å²) in [6.45, 7) is 0. The van der Waals surface area contributed by atoms with E-state index in [4.69, 9.17) is 4.42 Å². The van der Waals surface area contributed by atoms with Crippen LogP contribution in [0.2, 0.25) is 0 Å². The minimum absolute atomic E-state index is 0.811. The molecule has 3 aromatic rings. The summed E-state index contributed by atoms with van der Waals surface area (Å²) in [6, 6.07) is 3.94. The molecule has 3 aromatic heterocycles. The van der Waals surface area contributed by atoms with Gasteiger partial charge in [-0.3, -0.25) is 9.67 Å². The third-order valence-corrected chi connectivity index (χ3v) is 4.12. The molecule has 0 aliphatic rings. The van der Waals surface area contributed by atoms with Crippen molar-refractivity contribution in [1.29, 1.82) is 0 Å². The van der Waals surface area contributed by atoms with Gasteiger partial charge in [-0.05, 0) is 15.0 Å². The fourth-order valence-electron chi connectivity index (χ4n) is 1.66. The van der Waals surface area contributed by atoms with Crippen LogP contribution in [0.25, 0.3) is 22.2 Å². The molecule has 0 saturated heterocycles. The SMILES string of the molecule is Cn1cc(-c2cnc3cc(SI)oc3c2)cn1. The average Bonchev–Trinajstić information content (AvgIpc) is 2.93. The molecule has 3 heterocycles. The second-order valence-electron chi connectivity index (χ2n) is 3.65. The quantitative estimate of drug-likeness (QED) is 0.657. The van der Waals surface area contributed by atoms with Gasteiger partial charge in [0.15, 0.2) is 10.7 Å². The first-order valence-electron chi connectivity index (χ1n) is 4.93. The Balaban J connectivity index is 2.12. The summed E-state index contributed by atoms with van der Waals surface area (Å²) >= 11 is 2.19. The first-order valence-corrected chi connectivity index (χ1v) is 8.29. The predicted octanol–water partition coefficient (Wildman–Crippen LogP) is 3.67. The summed E-state index contributed by atoms with van der Waals surface area (Å²) in [4.78, 5) is 4.39. The molecule has 0 bridgehead atoms. The number of aromatic nitrogens is 3. The number of pyridine rings is 1. The minimum atomic E-state index is 0.811. The van der Waals surface area contributed by atoms with Crippen molar-refractivity contribution in [2.24, 2.45) is 7.05 Å². The monoisotopic (exact) mass is 357 g/mol. The first kappa shape index (κ1) is 11.1. The molecule has 0 unspecified atom stereocenters. The second-order valence-corrected chi connectivity index (χ2v) is 5.53. The van der Waals surface area contributed by atoms with E-state index in [1.807, 2.05) is 37.8 Å². The maximum atomic E-state index is 5.65. The Hall–Kier alpha value is -1.02. The van der Waals surface area contributed by atoms with Crippen LogP contribution in [0, 0.1) is 0 Å². The first-order chi connectivity index (χ1) is 8.26. The zero-order valence-corrected chi connectivity index (χ0v) is 11.9. The van der Waals surface area contributed by atoms with E-state index in [9.17, 15) is 0 Å². The Morgan fingerprint density at radius 3 is 2.88 bits per heavy atom. The van der Waals surface area contributed by atoms with Crippen LogP contribution in [-0.2, 0) is 7.05 Å². The van der Waals surface area contributed by atoms with Gasteiger partial charge in [0.2, 0.25) is 0 Å². The lowest BCUT2D eigenvalue weighted by Crippen LogP contribution is -1.84. The molecule has 0 aliphatic carbocycles. The van der Waals surface area contributed by atoms with E-state index < -0.39 is 0 Å². The molecule has 86 valence electrons. The molecule has 0 N–H and O–H groups in total. The van der Waals surface area contributed by atoms with Gasteiger partial charge in [0.1, 0.15) is 5.52 Å². The summed E-state index contributed by atoms with van der Waals surface area (Å²) in [5, 5.41) is 5.02. The van der Waals surface area contributed by atoms with Crippen LogP contribution < -0.4 is 0 Å². The highest BCUT2D eigenvalue weighted by Gasteiger charge is 2.07. The summed E-state index contributed by atoms with van der Waals surface area (Å²) in [5.74, 6) is 0. The van der Waals surface area contributed by atoms with E-state index >= 15 is 0 Å². The van der Waals surface area contributed by atoms with Crippen molar-refractivity contribution in [2.45, 2.75) is 5.09 Å². The van der Waals surface area contributed by atoms with Crippen LogP contribution in [0.1, 0.15) is 0 Å². The molecule has 0 radical (unpaired) electrons. The summed E-state index contributed by atoms with van der Waals surface area (Å²) in [5.41, 5.74) is 3.76. The van der Waals surface area contributed by atoms with E-state index in [-0.39, 0.29) is 0 Å². The van der Waals surface area contributed by atoms with Crippen molar-refractivity contribution >= 4 is 41.2 Å². The zero-order chi connectivity index (χ0) is 11.8. The second kappa shape index (κ2) is 4.34. The van der Waals surface area contributed by atoms with Gasteiger partial charge in [-0.2, -0.15) is 5.10 Å². The topological polar surface area (TPSA) is 43.9 Å². The van der Waals surface area contributed by atoms with Crippen LogP contribution in [0.3, 0.4) is 0 Å². The van der Waals surface area contributed by atoms with Crippen molar-refractivity contribution in [3.63, 3.8) is 0 Å². The van der Waals surface area contributed by atoms with Gasteiger partial charge < -0.3 is 4.42 Å². The van der Waals surface area contributed by atoms with E-state index in [1.54, 1.807) is 13.6 Å². The van der Waals surface area contributed by atoms with E-state index in [1.165, 1.54) is 0 Å². The zero-order valence-electron chi connectivity index (χ0n) is 8.92. The van der Waals surface area contributed by atoms with Crippen LogP contribution in [0.15, 0.2) is 40.2 Å². The van der Waals surface area contributed by atoms with Crippen molar-refractivity contribution in [1.82, 2.24) is 14.8 Å². The number of hydrogen-bond donors (Lipinski definition) is 0. The predicted molar refractivity (Wildman–Crippen MR) is 76.1 cm³/mol. The molecule has 3 rings (SSSR count). The van der Waals surface area contributed by atoms with Gasteiger partial charge in [0.25, 0.3) is 0 Å². The highest BCUT2D eigenvalue weighted by atomic mass is 127. The standard InChI is InChI=1S/C11H8IN3OS/c1-15-6-8(5-14-15)7-2-10-9(13-4-7)3-11(16-10)17-12/h2-6H,1H3.